The average molecular weight is 592 g/mol. The number of nitrogens with zero attached hydrogens (tertiary/aromatic N) is 2. The Hall–Kier alpha value is -2.70. The van der Waals surface area contributed by atoms with Crippen molar-refractivity contribution in [1.82, 2.24) is 19.9 Å². The van der Waals surface area contributed by atoms with Gasteiger partial charge in [-0.2, -0.15) is 0 Å². The van der Waals surface area contributed by atoms with Crippen molar-refractivity contribution >= 4 is 39.0 Å². The summed E-state index contributed by atoms with van der Waals surface area (Å²) in [6.45, 7) is 11.1. The molecule has 2 fully saturated rings. The van der Waals surface area contributed by atoms with E-state index in [9.17, 15) is 18.0 Å². The lowest BCUT2D eigenvalue weighted by atomic mass is 9.86. The van der Waals surface area contributed by atoms with Gasteiger partial charge in [-0.15, -0.1) is 11.3 Å². The fourth-order valence-corrected chi connectivity index (χ4v) is 7.69. The normalized spacial score (nSPS) is 21.4. The number of hydrogen-bond acceptors (Lipinski definition) is 8. The second-order valence-electron chi connectivity index (χ2n) is 11.3. The number of hydrogen-bond donors (Lipinski definition) is 3. The fourth-order valence-electron chi connectivity index (χ4n) is 5.22. The molecule has 1 aromatic heterocycles. The van der Waals surface area contributed by atoms with Crippen LogP contribution in [-0.2, 0) is 19.6 Å². The first-order valence-corrected chi connectivity index (χ1v) is 16.4. The van der Waals surface area contributed by atoms with Gasteiger partial charge >= 0.3 is 6.09 Å². The molecule has 1 saturated carbocycles. The topological polar surface area (TPSA) is 130 Å². The predicted octanol–water partition coefficient (Wildman–Crippen LogP) is 4.55. The summed E-state index contributed by atoms with van der Waals surface area (Å²) in [5.74, 6) is 0.680. The van der Waals surface area contributed by atoms with Crippen LogP contribution >= 0.6 is 11.3 Å². The van der Waals surface area contributed by atoms with Gasteiger partial charge in [0.25, 0.3) is 0 Å². The molecule has 2 aliphatic rings. The molecule has 220 valence electrons. The maximum Gasteiger partial charge on any atom is 0.407 e. The molecular weight excluding hydrogens is 550 g/mol. The molecular formula is C28H41N5O5S2. The number of sulfonamides is 1. The number of rotatable bonds is 11. The van der Waals surface area contributed by atoms with Crippen LogP contribution < -0.4 is 15.4 Å². The van der Waals surface area contributed by atoms with Crippen molar-refractivity contribution in [3.8, 4) is 10.4 Å². The Morgan fingerprint density at radius 1 is 1.18 bits per heavy atom. The van der Waals surface area contributed by atoms with Gasteiger partial charge < -0.3 is 20.3 Å². The molecule has 3 N–H and O–H groups in total. The Morgan fingerprint density at radius 2 is 1.90 bits per heavy atom. The largest absolute Gasteiger partial charge is 0.447 e. The zero-order chi connectivity index (χ0) is 29.0. The summed E-state index contributed by atoms with van der Waals surface area (Å²) in [6.07, 6.45) is 4.65. The van der Waals surface area contributed by atoms with Crippen LogP contribution in [0.15, 0.2) is 29.3 Å². The number of β-lactam (4-membered cyclic amide) rings is 1. The summed E-state index contributed by atoms with van der Waals surface area (Å²) < 4.78 is 34.2. The molecule has 40 heavy (non-hydrogen) atoms. The summed E-state index contributed by atoms with van der Waals surface area (Å²) in [6, 6.07) is 4.95. The van der Waals surface area contributed by atoms with Gasteiger partial charge in [0.05, 0.1) is 20.9 Å². The highest BCUT2D eigenvalue weighted by Gasteiger charge is 2.37. The number of alkyl carbamates (subject to hydrolysis) is 1. The van der Waals surface area contributed by atoms with Gasteiger partial charge in [0.2, 0.25) is 15.9 Å². The molecule has 12 heteroatoms. The minimum atomic E-state index is -3.78. The van der Waals surface area contributed by atoms with Gasteiger partial charge in [-0.1, -0.05) is 26.8 Å². The highest BCUT2D eigenvalue weighted by atomic mass is 32.2. The van der Waals surface area contributed by atoms with Crippen molar-refractivity contribution in [2.24, 2.45) is 5.92 Å². The van der Waals surface area contributed by atoms with E-state index < -0.39 is 10.0 Å². The maximum absolute atomic E-state index is 13.2. The molecule has 0 unspecified atom stereocenters. The third-order valence-corrected chi connectivity index (χ3v) is 9.85. The van der Waals surface area contributed by atoms with Gasteiger partial charge in [-0.3, -0.25) is 4.79 Å². The Kier molecular flexibility index (Phi) is 9.73. The van der Waals surface area contributed by atoms with E-state index in [0.29, 0.717) is 30.3 Å². The first-order chi connectivity index (χ1) is 19.0. The number of thiazole rings is 1. The van der Waals surface area contributed by atoms with Crippen LogP contribution in [0.1, 0.15) is 71.2 Å². The standard InChI is InChI=1S/C28H41N5O5S2/c1-6-30-40(36,37)25-13-21(31-23-16-33(27(23)34)15-17(2)3)11-12-22(25)24-14-29-26(39-24)19-7-9-20(10-8-19)32-28(35)38-18(4)5/h11-14,17-20,23,30-31H,6-10,15-16H2,1-5H3,(H,32,35)/t19-,20-,23-/m1/s1. The van der Waals surface area contributed by atoms with Crippen molar-refractivity contribution in [3.63, 3.8) is 0 Å². The van der Waals surface area contributed by atoms with Crippen LogP contribution in [-0.4, -0.2) is 68.1 Å². The lowest BCUT2D eigenvalue weighted by Gasteiger charge is -2.40. The quantitative estimate of drug-likeness (QED) is 0.327. The molecule has 0 bridgehead atoms. The van der Waals surface area contributed by atoms with E-state index in [2.05, 4.69) is 34.2 Å². The number of carbonyl (C=O) groups excluding carboxylic acids is 2. The number of anilines is 1. The molecule has 1 aliphatic heterocycles. The Morgan fingerprint density at radius 3 is 2.52 bits per heavy atom. The van der Waals surface area contributed by atoms with Crippen LogP contribution in [0.2, 0.25) is 0 Å². The minimum absolute atomic E-state index is 0.0303. The maximum atomic E-state index is 13.2. The summed E-state index contributed by atoms with van der Waals surface area (Å²) in [7, 11) is -3.78. The van der Waals surface area contributed by atoms with E-state index in [1.165, 1.54) is 11.3 Å². The Balaban J connectivity index is 1.47. The fraction of sp³-hybridized carbons (Fsp3) is 0.607. The molecule has 1 aromatic carbocycles. The number of ether oxygens (including phenoxy) is 1. The van der Waals surface area contributed by atoms with E-state index in [-0.39, 0.29) is 47.5 Å². The molecule has 10 nitrogen and oxygen atoms in total. The second kappa shape index (κ2) is 12.9. The van der Waals surface area contributed by atoms with Crippen molar-refractivity contribution in [2.75, 3.05) is 25.0 Å². The van der Waals surface area contributed by atoms with Gasteiger partial charge in [-0.05, 0) is 57.6 Å². The number of nitrogens with one attached hydrogen (secondary N) is 3. The molecule has 1 saturated heterocycles. The van der Waals surface area contributed by atoms with Crippen LogP contribution in [0.4, 0.5) is 10.5 Å². The van der Waals surface area contributed by atoms with Gasteiger partial charge in [0.15, 0.2) is 0 Å². The Bertz CT molecular complexity index is 1300. The number of aromatic nitrogens is 1. The van der Waals surface area contributed by atoms with Gasteiger partial charge in [0, 0.05) is 49.0 Å². The number of amides is 2. The van der Waals surface area contributed by atoms with Gasteiger partial charge in [-0.25, -0.2) is 22.9 Å². The van der Waals surface area contributed by atoms with Crippen LogP contribution in [0.5, 0.6) is 0 Å². The van der Waals surface area contributed by atoms with Crippen LogP contribution in [0, 0.1) is 5.92 Å². The summed E-state index contributed by atoms with van der Waals surface area (Å²) >= 11 is 1.51. The Labute approximate surface area is 241 Å². The minimum Gasteiger partial charge on any atom is -0.447 e. The van der Waals surface area contributed by atoms with Crippen LogP contribution in [0.25, 0.3) is 10.4 Å². The molecule has 1 aliphatic carbocycles. The van der Waals surface area contributed by atoms with E-state index in [1.54, 1.807) is 25.3 Å². The van der Waals surface area contributed by atoms with Crippen molar-refractivity contribution in [2.45, 2.75) is 89.3 Å². The van der Waals surface area contributed by atoms with E-state index in [1.807, 2.05) is 24.8 Å². The number of benzene rings is 1. The number of carbonyl (C=O) groups is 2. The highest BCUT2D eigenvalue weighted by Crippen LogP contribution is 2.40. The predicted molar refractivity (Wildman–Crippen MR) is 157 cm³/mol. The molecule has 2 aromatic rings. The molecule has 2 heterocycles. The smallest absolute Gasteiger partial charge is 0.407 e. The molecule has 0 spiro atoms. The number of likely N-dealkylation sites (tertiary alicyclic amines) is 1. The van der Waals surface area contributed by atoms with E-state index in [4.69, 9.17) is 4.74 Å². The van der Waals surface area contributed by atoms with Gasteiger partial charge in [0.1, 0.15) is 6.04 Å². The molecule has 4 rings (SSSR count). The second-order valence-corrected chi connectivity index (χ2v) is 14.1. The SMILES string of the molecule is CCNS(=O)(=O)c1cc(N[C@@H]2CN(CC(C)C)C2=O)ccc1-c1cnc([C@H]2CC[C@H](NC(=O)OC(C)C)CC2)s1. The van der Waals surface area contributed by atoms with Crippen molar-refractivity contribution in [3.05, 3.63) is 29.4 Å². The van der Waals surface area contributed by atoms with Crippen molar-refractivity contribution < 1.29 is 22.7 Å². The summed E-state index contributed by atoms with van der Waals surface area (Å²) in [5, 5.41) is 7.13. The highest BCUT2D eigenvalue weighted by molar-refractivity contribution is 7.89. The van der Waals surface area contributed by atoms with E-state index >= 15 is 0 Å². The zero-order valence-electron chi connectivity index (χ0n) is 23.9. The van der Waals surface area contributed by atoms with Crippen LogP contribution in [0.3, 0.4) is 0 Å². The van der Waals surface area contributed by atoms with E-state index in [0.717, 1.165) is 35.6 Å². The lowest BCUT2D eigenvalue weighted by Crippen LogP contribution is -2.60. The molecule has 1 atom stereocenters. The molecule has 2 amide bonds. The zero-order valence-corrected chi connectivity index (χ0v) is 25.5. The monoisotopic (exact) mass is 591 g/mol. The third kappa shape index (κ3) is 7.32. The summed E-state index contributed by atoms with van der Waals surface area (Å²) in [4.78, 5) is 31.9. The summed E-state index contributed by atoms with van der Waals surface area (Å²) in [5.41, 5.74) is 1.18. The van der Waals surface area contributed by atoms with Crippen molar-refractivity contribution in [1.29, 1.82) is 0 Å². The molecule has 0 radical (unpaired) electrons. The first-order valence-electron chi connectivity index (χ1n) is 14.1. The third-order valence-electron chi connectivity index (χ3n) is 7.07. The first kappa shape index (κ1) is 30.3. The average Bonchev–Trinajstić information content (AvgIpc) is 3.37. The lowest BCUT2D eigenvalue weighted by molar-refractivity contribution is -0.141.